The average molecular weight is 261 g/mol. The van der Waals surface area contributed by atoms with E-state index >= 15 is 0 Å². The predicted octanol–water partition coefficient (Wildman–Crippen LogP) is 1.76. The summed E-state index contributed by atoms with van der Waals surface area (Å²) in [5.41, 5.74) is 6.78. The maximum atomic E-state index is 5.77. The van der Waals surface area contributed by atoms with E-state index in [-0.39, 0.29) is 0 Å². The lowest BCUT2D eigenvalue weighted by Crippen LogP contribution is -2.18. The number of rotatable bonds is 3. The van der Waals surface area contributed by atoms with Gasteiger partial charge in [-0.2, -0.15) is 0 Å². The Balaban J connectivity index is 1.78. The number of hydrogen-bond acceptors (Lipinski definition) is 5. The number of fused-ring (bicyclic) bond motifs is 1. The van der Waals surface area contributed by atoms with Gasteiger partial charge in [0.15, 0.2) is 0 Å². The zero-order valence-electron chi connectivity index (χ0n) is 10.0. The molecule has 1 unspecified atom stereocenters. The molecule has 4 nitrogen and oxygen atoms in total. The van der Waals surface area contributed by atoms with Crippen LogP contribution in [0.3, 0.4) is 0 Å². The summed E-state index contributed by atoms with van der Waals surface area (Å²) >= 11 is 1.66. The molecule has 18 heavy (non-hydrogen) atoms. The first-order valence-electron chi connectivity index (χ1n) is 6.10. The molecule has 1 aromatic heterocycles. The van der Waals surface area contributed by atoms with Gasteiger partial charge in [-0.1, -0.05) is 18.2 Å². The van der Waals surface area contributed by atoms with Crippen molar-refractivity contribution < 1.29 is 4.74 Å². The standard InChI is InChI=1S/C13H15N3OS/c14-6-5-12-15-16-13(18-12)10-7-9-3-1-2-4-11(9)17-8-10/h1-4,10H,5-8,14H2. The number of aromatic nitrogens is 2. The third-order valence-corrected chi connectivity index (χ3v) is 4.21. The first-order valence-corrected chi connectivity index (χ1v) is 6.91. The highest BCUT2D eigenvalue weighted by molar-refractivity contribution is 7.11. The van der Waals surface area contributed by atoms with Gasteiger partial charge in [0.2, 0.25) is 0 Å². The van der Waals surface area contributed by atoms with Gasteiger partial charge in [0.1, 0.15) is 15.8 Å². The molecule has 1 aliphatic rings. The average Bonchev–Trinajstić information content (AvgIpc) is 2.87. The molecule has 0 amide bonds. The summed E-state index contributed by atoms with van der Waals surface area (Å²) in [4.78, 5) is 0. The number of hydrogen-bond donors (Lipinski definition) is 1. The molecule has 0 saturated heterocycles. The molecule has 1 aromatic carbocycles. The maximum Gasteiger partial charge on any atom is 0.124 e. The van der Waals surface area contributed by atoms with Crippen molar-refractivity contribution in [2.45, 2.75) is 18.8 Å². The minimum atomic E-state index is 0.323. The predicted molar refractivity (Wildman–Crippen MR) is 71.0 cm³/mol. The number of nitrogens with zero attached hydrogens (tertiary/aromatic N) is 2. The number of benzene rings is 1. The second-order valence-corrected chi connectivity index (χ2v) is 5.49. The molecule has 5 heteroatoms. The fourth-order valence-corrected chi connectivity index (χ4v) is 3.09. The van der Waals surface area contributed by atoms with Crippen molar-refractivity contribution in [2.75, 3.05) is 13.2 Å². The van der Waals surface area contributed by atoms with Crippen molar-refractivity contribution in [2.24, 2.45) is 5.73 Å². The van der Waals surface area contributed by atoms with Crippen molar-refractivity contribution in [3.05, 3.63) is 39.8 Å². The lowest BCUT2D eigenvalue weighted by molar-refractivity contribution is 0.262. The summed E-state index contributed by atoms with van der Waals surface area (Å²) in [7, 11) is 0. The molecular weight excluding hydrogens is 246 g/mol. The number of nitrogens with two attached hydrogens (primary N) is 1. The molecule has 0 radical (unpaired) electrons. The van der Waals surface area contributed by atoms with Crippen molar-refractivity contribution >= 4 is 11.3 Å². The van der Waals surface area contributed by atoms with Crippen LogP contribution in [-0.2, 0) is 12.8 Å². The molecule has 0 bridgehead atoms. The van der Waals surface area contributed by atoms with Crippen LogP contribution in [0, 0.1) is 0 Å². The van der Waals surface area contributed by atoms with Crippen LogP contribution in [0.5, 0.6) is 5.75 Å². The minimum absolute atomic E-state index is 0.323. The van der Waals surface area contributed by atoms with E-state index in [4.69, 9.17) is 10.5 Å². The minimum Gasteiger partial charge on any atom is -0.493 e. The zero-order chi connectivity index (χ0) is 12.4. The first kappa shape index (κ1) is 11.6. The van der Waals surface area contributed by atoms with Gasteiger partial charge in [0.25, 0.3) is 0 Å². The third kappa shape index (κ3) is 2.23. The van der Waals surface area contributed by atoms with Gasteiger partial charge in [-0.05, 0) is 24.6 Å². The second kappa shape index (κ2) is 5.04. The SMILES string of the molecule is NCCc1nnc(C2COc3ccccc3C2)s1. The molecule has 2 heterocycles. The monoisotopic (exact) mass is 261 g/mol. The van der Waals surface area contributed by atoms with Crippen LogP contribution in [0.15, 0.2) is 24.3 Å². The molecule has 1 atom stereocenters. The molecule has 94 valence electrons. The van der Waals surface area contributed by atoms with Crippen molar-refractivity contribution in [3.63, 3.8) is 0 Å². The molecule has 1 aliphatic heterocycles. The van der Waals surface area contributed by atoms with Crippen molar-refractivity contribution in [1.29, 1.82) is 0 Å². The normalized spacial score (nSPS) is 18.2. The lowest BCUT2D eigenvalue weighted by atomic mass is 9.97. The summed E-state index contributed by atoms with van der Waals surface area (Å²) in [5, 5.41) is 10.5. The smallest absolute Gasteiger partial charge is 0.124 e. The molecule has 2 N–H and O–H groups in total. The molecule has 0 spiro atoms. The van der Waals surface area contributed by atoms with E-state index < -0.39 is 0 Å². The molecule has 0 saturated carbocycles. The molecule has 3 rings (SSSR count). The van der Waals surface area contributed by atoms with E-state index in [2.05, 4.69) is 16.3 Å². The van der Waals surface area contributed by atoms with Crippen LogP contribution in [-0.4, -0.2) is 23.3 Å². The summed E-state index contributed by atoms with van der Waals surface area (Å²) in [6.07, 6.45) is 1.79. The second-order valence-electron chi connectivity index (χ2n) is 4.39. The van der Waals surface area contributed by atoms with E-state index in [0.29, 0.717) is 19.1 Å². The van der Waals surface area contributed by atoms with E-state index in [1.54, 1.807) is 11.3 Å². The van der Waals surface area contributed by atoms with Gasteiger partial charge in [0.05, 0.1) is 12.5 Å². The fraction of sp³-hybridized carbons (Fsp3) is 0.385. The summed E-state index contributed by atoms with van der Waals surface area (Å²) in [6, 6.07) is 8.18. The van der Waals surface area contributed by atoms with E-state index in [9.17, 15) is 0 Å². The summed E-state index contributed by atoms with van der Waals surface area (Å²) < 4.78 is 5.77. The molecule has 2 aromatic rings. The Hall–Kier alpha value is -1.46. The Bertz CT molecular complexity index is 541. The Morgan fingerprint density at radius 2 is 2.22 bits per heavy atom. The van der Waals surface area contributed by atoms with Crippen LogP contribution in [0.2, 0.25) is 0 Å². The van der Waals surface area contributed by atoms with Gasteiger partial charge in [-0.3, -0.25) is 0 Å². The zero-order valence-corrected chi connectivity index (χ0v) is 10.8. The Kier molecular flexibility index (Phi) is 3.25. The van der Waals surface area contributed by atoms with Gasteiger partial charge in [0, 0.05) is 6.42 Å². The number of ether oxygens (including phenoxy) is 1. The Morgan fingerprint density at radius 3 is 3.11 bits per heavy atom. The van der Waals surface area contributed by atoms with E-state index in [1.807, 2.05) is 18.2 Å². The first-order chi connectivity index (χ1) is 8.86. The molecule has 0 aliphatic carbocycles. The third-order valence-electron chi connectivity index (χ3n) is 3.07. The lowest BCUT2D eigenvalue weighted by Gasteiger charge is -2.23. The summed E-state index contributed by atoms with van der Waals surface area (Å²) in [5.74, 6) is 1.32. The van der Waals surface area contributed by atoms with E-state index in [1.165, 1.54) is 5.56 Å². The quantitative estimate of drug-likeness (QED) is 0.914. The van der Waals surface area contributed by atoms with Crippen LogP contribution in [0.4, 0.5) is 0 Å². The van der Waals surface area contributed by atoms with Crippen LogP contribution in [0.1, 0.15) is 21.5 Å². The van der Waals surface area contributed by atoms with Crippen LogP contribution < -0.4 is 10.5 Å². The highest BCUT2D eigenvalue weighted by atomic mass is 32.1. The van der Waals surface area contributed by atoms with Crippen LogP contribution >= 0.6 is 11.3 Å². The van der Waals surface area contributed by atoms with Crippen LogP contribution in [0.25, 0.3) is 0 Å². The maximum absolute atomic E-state index is 5.77. The van der Waals surface area contributed by atoms with E-state index in [0.717, 1.165) is 28.6 Å². The van der Waals surface area contributed by atoms with Gasteiger partial charge in [-0.15, -0.1) is 21.5 Å². The molecular formula is C13H15N3OS. The Morgan fingerprint density at radius 1 is 1.33 bits per heavy atom. The highest BCUT2D eigenvalue weighted by Gasteiger charge is 2.24. The van der Waals surface area contributed by atoms with Gasteiger partial charge in [-0.25, -0.2) is 0 Å². The highest BCUT2D eigenvalue weighted by Crippen LogP contribution is 2.33. The topological polar surface area (TPSA) is 61.0 Å². The summed E-state index contributed by atoms with van der Waals surface area (Å²) in [6.45, 7) is 1.31. The largest absolute Gasteiger partial charge is 0.493 e. The molecule has 0 fully saturated rings. The van der Waals surface area contributed by atoms with Gasteiger partial charge < -0.3 is 10.5 Å². The van der Waals surface area contributed by atoms with Crippen molar-refractivity contribution in [1.82, 2.24) is 10.2 Å². The Labute approximate surface area is 110 Å². The number of para-hydroxylation sites is 1. The fourth-order valence-electron chi connectivity index (χ4n) is 2.14. The van der Waals surface area contributed by atoms with Gasteiger partial charge >= 0.3 is 0 Å². The van der Waals surface area contributed by atoms with Crippen molar-refractivity contribution in [3.8, 4) is 5.75 Å².